The van der Waals surface area contributed by atoms with Crippen molar-refractivity contribution < 1.29 is 48.2 Å². The van der Waals surface area contributed by atoms with Crippen molar-refractivity contribution in [2.45, 2.75) is 94.2 Å². The first-order valence-corrected chi connectivity index (χ1v) is 21.3. The quantitative estimate of drug-likeness (QED) is 0.158. The molecule has 8 atom stereocenters. The molecular formula is C44H50N4O10S. The molecule has 0 saturated carbocycles. The Balaban J connectivity index is 1.23. The fourth-order valence-electron chi connectivity index (χ4n) is 11.1. The van der Waals surface area contributed by atoms with Crippen LogP contribution in [0, 0.1) is 13.8 Å². The molecule has 0 amide bonds. The number of likely N-dealkylation sites (N-methyl/N-ethyl adjacent to an activating group) is 1. The first-order valence-electron chi connectivity index (χ1n) is 20.3. The van der Waals surface area contributed by atoms with Crippen molar-refractivity contribution in [2.24, 2.45) is 0 Å². The van der Waals surface area contributed by atoms with Gasteiger partial charge in [0.1, 0.15) is 18.1 Å². The number of aryl methyl sites for hydroxylation is 1. The standard InChI is InChI=1S/C44H50N4O10S/c1-20(2)54-15-25-13-27-26-10-8-9-11-28(26)45-41(27)44(46-25)18-59-40-32-31(39-38(56-19-57-39)22(4)37(32)58-23(5)49)29(16-55-42(44)51)48-34(40)33-30-24(14-43(48,52)17-47(33)6)12-21(3)36(53-7)35(30)50/h8-12,20,25,29,33-34,40,45-46,50,52H,13-19H2,1-7H3/t25-,29-,33-,34+,40+,43?,44+/m0/s1. The molecule has 9 heterocycles. The monoisotopic (exact) mass is 826 g/mol. The van der Waals surface area contributed by atoms with Gasteiger partial charge in [0.2, 0.25) is 6.79 Å². The van der Waals surface area contributed by atoms with Crippen LogP contribution in [0.25, 0.3) is 10.9 Å². The summed E-state index contributed by atoms with van der Waals surface area (Å²) in [5.41, 5.74) is 4.01. The molecule has 12 rings (SSSR count). The average Bonchev–Trinajstić information content (AvgIpc) is 3.78. The maximum absolute atomic E-state index is 15.3. The van der Waals surface area contributed by atoms with Crippen LogP contribution in [0.15, 0.2) is 30.3 Å². The van der Waals surface area contributed by atoms with Gasteiger partial charge in [0.05, 0.1) is 42.8 Å². The number of carbonyl (C=O) groups is 2. The Morgan fingerprint density at radius 2 is 1.88 bits per heavy atom. The summed E-state index contributed by atoms with van der Waals surface area (Å²) in [4.78, 5) is 36.1. The number of piperazine rings is 1. The van der Waals surface area contributed by atoms with Gasteiger partial charge in [0.15, 0.2) is 28.5 Å². The molecule has 8 aliphatic heterocycles. The number of aromatic nitrogens is 1. The van der Waals surface area contributed by atoms with Gasteiger partial charge in [-0.15, -0.1) is 11.8 Å². The number of para-hydroxylation sites is 1. The number of methoxy groups -OCH3 is 1. The number of phenolic OH excluding ortho intramolecular Hbond substituents is 1. The van der Waals surface area contributed by atoms with Crippen LogP contribution in [-0.4, -0.2) is 107 Å². The fourth-order valence-corrected chi connectivity index (χ4v) is 12.8. The van der Waals surface area contributed by atoms with Crippen LogP contribution >= 0.6 is 11.8 Å². The molecule has 14 nitrogen and oxygen atoms in total. The summed E-state index contributed by atoms with van der Waals surface area (Å²) in [5.74, 6) is 0.901. The third kappa shape index (κ3) is 5.58. The van der Waals surface area contributed by atoms with Gasteiger partial charge in [0, 0.05) is 70.9 Å². The lowest BCUT2D eigenvalue weighted by molar-refractivity contribution is -0.215. The van der Waals surface area contributed by atoms with E-state index in [4.69, 9.17) is 28.4 Å². The van der Waals surface area contributed by atoms with Crippen LogP contribution in [0.2, 0.25) is 0 Å². The smallest absolute Gasteiger partial charge is 0.333 e. The predicted molar refractivity (Wildman–Crippen MR) is 218 cm³/mol. The van der Waals surface area contributed by atoms with Crippen LogP contribution in [0.1, 0.15) is 82.7 Å². The van der Waals surface area contributed by atoms with Crippen molar-refractivity contribution in [3.05, 3.63) is 75.0 Å². The van der Waals surface area contributed by atoms with E-state index < -0.39 is 46.6 Å². The molecule has 0 radical (unpaired) electrons. The largest absolute Gasteiger partial charge is 0.504 e. The Bertz CT molecular complexity index is 2440. The third-order valence-electron chi connectivity index (χ3n) is 13.2. The Morgan fingerprint density at radius 1 is 1.10 bits per heavy atom. The molecule has 8 aliphatic rings. The second-order valence-electron chi connectivity index (χ2n) is 17.2. The molecule has 1 spiro atoms. The van der Waals surface area contributed by atoms with E-state index in [0.29, 0.717) is 58.3 Å². The van der Waals surface area contributed by atoms with Crippen molar-refractivity contribution in [1.29, 1.82) is 0 Å². The number of nitrogens with zero attached hydrogens (tertiary/aromatic N) is 2. The molecule has 4 N–H and O–H groups in total. The van der Waals surface area contributed by atoms with Crippen molar-refractivity contribution in [2.75, 3.05) is 46.5 Å². The number of rotatable bonds is 5. The van der Waals surface area contributed by atoms with Crippen molar-refractivity contribution in [3.63, 3.8) is 0 Å². The highest BCUT2D eigenvalue weighted by molar-refractivity contribution is 7.99. The van der Waals surface area contributed by atoms with Crippen molar-refractivity contribution in [1.82, 2.24) is 20.1 Å². The zero-order valence-corrected chi connectivity index (χ0v) is 35.1. The first-order chi connectivity index (χ1) is 28.3. The van der Waals surface area contributed by atoms with Crippen molar-refractivity contribution in [3.8, 4) is 28.7 Å². The number of ether oxygens (including phenoxy) is 6. The molecule has 312 valence electrons. The van der Waals surface area contributed by atoms with Crippen molar-refractivity contribution >= 4 is 34.6 Å². The van der Waals surface area contributed by atoms with Gasteiger partial charge in [-0.2, -0.15) is 0 Å². The van der Waals surface area contributed by atoms with Gasteiger partial charge in [0.25, 0.3) is 0 Å². The number of aromatic amines is 1. The number of aromatic hydroxyl groups is 1. The first kappa shape index (κ1) is 38.7. The van der Waals surface area contributed by atoms with Crippen LogP contribution in [0.4, 0.5) is 0 Å². The number of benzene rings is 3. The highest BCUT2D eigenvalue weighted by Gasteiger charge is 2.64. The lowest BCUT2D eigenvalue weighted by Crippen LogP contribution is -2.70. The lowest BCUT2D eigenvalue weighted by Gasteiger charge is -2.60. The molecule has 2 saturated heterocycles. The van der Waals surface area contributed by atoms with Gasteiger partial charge in [-0.25, -0.2) is 4.79 Å². The average molecular weight is 827 g/mol. The van der Waals surface area contributed by atoms with E-state index in [1.165, 1.54) is 18.7 Å². The second kappa shape index (κ2) is 13.8. The Kier molecular flexibility index (Phi) is 9.02. The van der Waals surface area contributed by atoms with E-state index in [0.717, 1.165) is 33.3 Å². The number of phenols is 1. The minimum atomic E-state index is -1.51. The van der Waals surface area contributed by atoms with Crippen LogP contribution in [-0.2, 0) is 37.4 Å². The van der Waals surface area contributed by atoms with Gasteiger partial charge < -0.3 is 43.6 Å². The fraction of sp³-hybridized carbons (Fsp3) is 0.500. The molecule has 0 aliphatic carbocycles. The van der Waals surface area contributed by atoms with Gasteiger partial charge in [-0.3, -0.25) is 19.9 Å². The summed E-state index contributed by atoms with van der Waals surface area (Å²) >= 11 is 1.53. The number of nitrogens with one attached hydrogen (secondary N) is 2. The topological polar surface area (TPSA) is 164 Å². The highest BCUT2D eigenvalue weighted by Crippen LogP contribution is 2.65. The molecule has 1 aromatic heterocycles. The summed E-state index contributed by atoms with van der Waals surface area (Å²) in [7, 11) is 3.51. The number of fused-ring (bicyclic) bond motifs is 8. The zero-order valence-electron chi connectivity index (χ0n) is 34.3. The number of hydrogen-bond donors (Lipinski definition) is 4. The normalized spacial score (nSPS) is 30.4. The summed E-state index contributed by atoms with van der Waals surface area (Å²) in [5, 5.41) is 29.6. The minimum Gasteiger partial charge on any atom is -0.504 e. The van der Waals surface area contributed by atoms with E-state index in [9.17, 15) is 15.0 Å². The Morgan fingerprint density at radius 3 is 2.64 bits per heavy atom. The second-order valence-corrected chi connectivity index (χ2v) is 18.3. The van der Waals surface area contributed by atoms with Crippen LogP contribution < -0.4 is 24.3 Å². The summed E-state index contributed by atoms with van der Waals surface area (Å²) in [6, 6.07) is 8.00. The van der Waals surface area contributed by atoms with E-state index >= 15 is 4.79 Å². The lowest BCUT2D eigenvalue weighted by atomic mass is 9.78. The molecule has 2 unspecified atom stereocenters. The Labute approximate surface area is 346 Å². The molecule has 2 fully saturated rings. The molecule has 59 heavy (non-hydrogen) atoms. The maximum Gasteiger partial charge on any atom is 0.333 e. The van der Waals surface area contributed by atoms with Gasteiger partial charge in [-0.1, -0.05) is 24.3 Å². The van der Waals surface area contributed by atoms with E-state index in [1.807, 2.05) is 59.0 Å². The molecule has 3 aromatic carbocycles. The number of hydrogen-bond acceptors (Lipinski definition) is 14. The molecular weight excluding hydrogens is 777 g/mol. The number of carbonyl (C=O) groups excluding carboxylic acids is 2. The zero-order chi connectivity index (χ0) is 41.3. The Hall–Kier alpha value is -4.51. The minimum absolute atomic E-state index is 0.0215. The van der Waals surface area contributed by atoms with Gasteiger partial charge >= 0.3 is 11.9 Å². The van der Waals surface area contributed by atoms with Crippen LogP contribution in [0.3, 0.4) is 0 Å². The summed E-state index contributed by atoms with van der Waals surface area (Å²) in [6.45, 7) is 9.48. The summed E-state index contributed by atoms with van der Waals surface area (Å²) < 4.78 is 37.2. The van der Waals surface area contributed by atoms with Crippen LogP contribution in [0.5, 0.6) is 28.7 Å². The number of esters is 2. The SMILES string of the molecule is COc1c(C)cc2c(c1O)[C@H]1[C@@H]3[C@@H]4SC[C@]5(N[C@H](COC(C)C)Cc6c5[nH]c5ccccc65)C(=O)OC[C@@H](c5c6c(c(C)c(OC(C)=O)c54)OCO6)N3C(O)(C2)CN1C. The predicted octanol–water partition coefficient (Wildman–Crippen LogP) is 4.98. The molecule has 4 aromatic rings. The maximum atomic E-state index is 15.3. The number of H-pyrrole nitrogens is 1. The molecule has 4 bridgehead atoms. The summed E-state index contributed by atoms with van der Waals surface area (Å²) in [6.07, 6.45) is 0.790. The van der Waals surface area contributed by atoms with Gasteiger partial charge in [-0.05, 0) is 63.9 Å². The van der Waals surface area contributed by atoms with E-state index in [2.05, 4.69) is 26.2 Å². The number of thioether (sulfide) groups is 1. The highest BCUT2D eigenvalue weighted by atomic mass is 32.2. The molecule has 15 heteroatoms. The number of aliphatic hydroxyl groups is 1. The van der Waals surface area contributed by atoms with E-state index in [1.54, 1.807) is 7.11 Å². The van der Waals surface area contributed by atoms with E-state index in [-0.39, 0.29) is 50.0 Å². The third-order valence-corrected chi connectivity index (χ3v) is 14.7.